The molecule has 2 aliphatic carbocycles. The maximum absolute atomic E-state index is 14.3. The van der Waals surface area contributed by atoms with Crippen molar-refractivity contribution in [2.45, 2.75) is 5.41 Å². The number of carbonyl (C=O) groups excluding carboxylic acids is 1. The van der Waals surface area contributed by atoms with Crippen LogP contribution in [0.1, 0.15) is 27.8 Å². The molecule has 0 amide bonds. The third-order valence-corrected chi connectivity index (χ3v) is 8.84. The average Bonchev–Trinajstić information content (AvgIpc) is 3.37. The minimum atomic E-state index is -2.29. The summed E-state index contributed by atoms with van der Waals surface area (Å²) in [4.78, 5) is 14.3. The third kappa shape index (κ3) is 4.00. The Labute approximate surface area is 266 Å². The minimum absolute atomic E-state index is 0.175. The fourth-order valence-corrected chi connectivity index (χ4v) is 6.71. The largest absolute Gasteiger partial charge is 0.497 e. The molecule has 8 heteroatoms. The number of hydrogen-bond donors (Lipinski definition) is 0. The van der Waals surface area contributed by atoms with Crippen molar-refractivity contribution in [2.75, 3.05) is 28.4 Å². The highest BCUT2D eigenvalue weighted by molar-refractivity contribution is 6.19. The number of benzene rings is 4. The SMILES string of the molecule is COc1ccc(C2=C3C(=C(C#N)C(=O)C3(C#N)C#N)C(c3ccc(OC)cc3)(c3ccc(OC)cc3)c3cc(OC)ccc32)cc1. The summed E-state index contributed by atoms with van der Waals surface area (Å²) in [6, 6.07) is 33.6. The lowest BCUT2D eigenvalue weighted by Crippen LogP contribution is -2.38. The van der Waals surface area contributed by atoms with Gasteiger partial charge in [-0.05, 0) is 81.9 Å². The van der Waals surface area contributed by atoms with Crippen molar-refractivity contribution in [1.29, 1.82) is 15.8 Å². The molecule has 0 aromatic heterocycles. The zero-order valence-corrected chi connectivity index (χ0v) is 25.5. The highest BCUT2D eigenvalue weighted by Gasteiger charge is 2.62. The Morgan fingerprint density at radius 2 is 1.04 bits per heavy atom. The van der Waals surface area contributed by atoms with Crippen LogP contribution in [0.4, 0.5) is 0 Å². The van der Waals surface area contributed by atoms with E-state index in [2.05, 4.69) is 6.07 Å². The first-order valence-corrected chi connectivity index (χ1v) is 14.3. The van der Waals surface area contributed by atoms with Gasteiger partial charge in [-0.3, -0.25) is 4.79 Å². The molecule has 0 fully saturated rings. The lowest BCUT2D eigenvalue weighted by molar-refractivity contribution is -0.117. The van der Waals surface area contributed by atoms with Crippen molar-refractivity contribution in [3.8, 4) is 41.2 Å². The molecule has 8 nitrogen and oxygen atoms in total. The number of ether oxygens (including phenoxy) is 4. The molecule has 4 aromatic rings. The van der Waals surface area contributed by atoms with Gasteiger partial charge in [0.2, 0.25) is 11.2 Å². The van der Waals surface area contributed by atoms with Gasteiger partial charge < -0.3 is 18.9 Å². The molecule has 0 N–H and O–H groups in total. The maximum atomic E-state index is 14.3. The van der Waals surface area contributed by atoms with Crippen molar-refractivity contribution >= 4 is 11.4 Å². The fraction of sp³-hybridized carbons (Fsp3) is 0.158. The monoisotopic (exact) mass is 605 g/mol. The van der Waals surface area contributed by atoms with Crippen molar-refractivity contribution < 1.29 is 23.7 Å². The number of nitrogens with zero attached hydrogens (tertiary/aromatic N) is 3. The maximum Gasteiger partial charge on any atom is 0.232 e. The van der Waals surface area contributed by atoms with Crippen LogP contribution < -0.4 is 18.9 Å². The van der Waals surface area contributed by atoms with E-state index in [4.69, 9.17) is 18.9 Å². The van der Waals surface area contributed by atoms with E-state index in [1.54, 1.807) is 70.9 Å². The molecule has 0 atom stereocenters. The number of allylic oxidation sites excluding steroid dienone is 3. The zero-order chi connectivity index (χ0) is 32.6. The van der Waals surface area contributed by atoms with Gasteiger partial charge in [-0.25, -0.2) is 0 Å². The molecular weight excluding hydrogens is 578 g/mol. The molecule has 6 rings (SSSR count). The van der Waals surface area contributed by atoms with Gasteiger partial charge in [0.05, 0.1) is 46.0 Å². The average molecular weight is 606 g/mol. The molecule has 224 valence electrons. The molecule has 0 bridgehead atoms. The molecule has 0 aliphatic heterocycles. The second-order valence-corrected chi connectivity index (χ2v) is 10.8. The number of Topliss-reactive ketones (excluding diaryl/α,β-unsaturated/α-hetero) is 1. The summed E-state index contributed by atoms with van der Waals surface area (Å²) in [5.41, 5.74) is 0.388. The number of rotatable bonds is 7. The van der Waals surface area contributed by atoms with Gasteiger partial charge in [-0.1, -0.05) is 42.5 Å². The number of nitriles is 3. The second kappa shape index (κ2) is 11.3. The number of methoxy groups -OCH3 is 4. The van der Waals surface area contributed by atoms with Crippen molar-refractivity contribution in [3.05, 3.63) is 136 Å². The number of fused-ring (bicyclic) bond motifs is 2. The topological polar surface area (TPSA) is 125 Å². The van der Waals surface area contributed by atoms with Crippen LogP contribution in [0, 0.1) is 39.4 Å². The molecule has 0 saturated heterocycles. The van der Waals surface area contributed by atoms with Gasteiger partial charge in [0, 0.05) is 11.1 Å². The van der Waals surface area contributed by atoms with Gasteiger partial charge in [-0.15, -0.1) is 0 Å². The Morgan fingerprint density at radius 1 is 0.587 bits per heavy atom. The van der Waals surface area contributed by atoms with Crippen LogP contribution in [0.5, 0.6) is 23.0 Å². The van der Waals surface area contributed by atoms with E-state index < -0.39 is 16.6 Å². The second-order valence-electron chi connectivity index (χ2n) is 10.8. The summed E-state index contributed by atoms with van der Waals surface area (Å²) in [6.07, 6.45) is 0. The van der Waals surface area contributed by atoms with Crippen molar-refractivity contribution in [3.63, 3.8) is 0 Å². The summed E-state index contributed by atoms with van der Waals surface area (Å²) < 4.78 is 22.1. The first kappa shape index (κ1) is 29.8. The Kier molecular flexibility index (Phi) is 7.32. The Bertz CT molecular complexity index is 2010. The molecule has 0 heterocycles. The number of hydrogen-bond acceptors (Lipinski definition) is 8. The minimum Gasteiger partial charge on any atom is -0.497 e. The number of carbonyl (C=O) groups is 1. The van der Waals surface area contributed by atoms with Crippen molar-refractivity contribution in [2.24, 2.45) is 5.41 Å². The van der Waals surface area contributed by atoms with E-state index in [1.165, 1.54) is 0 Å². The molecule has 0 radical (unpaired) electrons. The van der Waals surface area contributed by atoms with Gasteiger partial charge in [0.25, 0.3) is 0 Å². The molecule has 0 unspecified atom stereocenters. The number of ketones is 1. The first-order valence-electron chi connectivity index (χ1n) is 14.3. The Balaban J connectivity index is 1.91. The summed E-state index contributed by atoms with van der Waals surface area (Å²) in [6.45, 7) is 0. The molecule has 4 aromatic carbocycles. The van der Waals surface area contributed by atoms with Gasteiger partial charge >= 0.3 is 0 Å². The fourth-order valence-electron chi connectivity index (χ4n) is 6.71. The van der Waals surface area contributed by atoms with E-state index in [0.717, 1.165) is 0 Å². The summed E-state index contributed by atoms with van der Waals surface area (Å²) >= 11 is 0. The van der Waals surface area contributed by atoms with Gasteiger partial charge in [0.1, 0.15) is 34.6 Å². The van der Waals surface area contributed by atoms with Gasteiger partial charge in [0.15, 0.2) is 0 Å². The molecule has 0 spiro atoms. The lowest BCUT2D eigenvalue weighted by atomic mass is 9.56. The smallest absolute Gasteiger partial charge is 0.232 e. The van der Waals surface area contributed by atoms with Crippen LogP contribution in [0.15, 0.2) is 108 Å². The van der Waals surface area contributed by atoms with E-state index in [9.17, 15) is 20.6 Å². The van der Waals surface area contributed by atoms with Crippen LogP contribution in [0.25, 0.3) is 5.57 Å². The summed E-state index contributed by atoms with van der Waals surface area (Å²) in [5, 5.41) is 32.2. The quantitative estimate of drug-likeness (QED) is 0.240. The lowest BCUT2D eigenvalue weighted by Gasteiger charge is -2.44. The molecule has 0 saturated carbocycles. The third-order valence-electron chi connectivity index (χ3n) is 8.84. The molecular formula is C38H27N3O5. The highest BCUT2D eigenvalue weighted by atomic mass is 16.5. The van der Waals surface area contributed by atoms with E-state index in [0.29, 0.717) is 56.4 Å². The van der Waals surface area contributed by atoms with Crippen LogP contribution in [0.2, 0.25) is 0 Å². The van der Waals surface area contributed by atoms with Crippen LogP contribution >= 0.6 is 0 Å². The molecule has 2 aliphatic rings. The zero-order valence-electron chi connectivity index (χ0n) is 25.5. The van der Waals surface area contributed by atoms with Gasteiger partial charge in [-0.2, -0.15) is 15.8 Å². The van der Waals surface area contributed by atoms with E-state index in [-0.39, 0.29) is 16.7 Å². The van der Waals surface area contributed by atoms with Crippen LogP contribution in [0.3, 0.4) is 0 Å². The van der Waals surface area contributed by atoms with Crippen molar-refractivity contribution in [1.82, 2.24) is 0 Å². The Hall–Kier alpha value is -6.30. The predicted octanol–water partition coefficient (Wildman–Crippen LogP) is 6.31. The standard InChI is InChI=1S/C38H27N3O5/c1-43-26-11-5-23(6-12-26)33-30-18-17-29(46-4)19-32(30)38(24-7-13-27(44-2)14-8-24,25-9-15-28(45-3)16-10-25)34-31(20-39)36(42)37(21-40,22-41)35(33)34/h5-19H,1-4H3. The van der Waals surface area contributed by atoms with Crippen LogP contribution in [-0.2, 0) is 10.2 Å². The Morgan fingerprint density at radius 3 is 1.48 bits per heavy atom. The predicted molar refractivity (Wildman–Crippen MR) is 169 cm³/mol. The summed E-state index contributed by atoms with van der Waals surface area (Å²) in [5.74, 6) is 1.49. The normalized spacial score (nSPS) is 15.5. The first-order chi connectivity index (χ1) is 22.4. The summed E-state index contributed by atoms with van der Waals surface area (Å²) in [7, 11) is 6.26. The van der Waals surface area contributed by atoms with E-state index in [1.807, 2.05) is 60.7 Å². The van der Waals surface area contributed by atoms with E-state index >= 15 is 0 Å². The highest BCUT2D eigenvalue weighted by Crippen LogP contribution is 2.63. The molecule has 46 heavy (non-hydrogen) atoms. The van der Waals surface area contributed by atoms with Crippen LogP contribution in [-0.4, -0.2) is 34.2 Å².